The molecule has 1 rings (SSSR count). The molecule has 0 amide bonds. The first-order valence-electron chi connectivity index (χ1n) is 5.11. The molecule has 0 aliphatic heterocycles. The molecule has 0 heterocycles. The van der Waals surface area contributed by atoms with Crippen molar-refractivity contribution in [2.45, 2.75) is 29.7 Å². The average Bonchev–Trinajstić information content (AvgIpc) is 2.26. The minimum absolute atomic E-state index is 0.103. The number of rotatable bonds is 5. The van der Waals surface area contributed by atoms with Crippen molar-refractivity contribution in [3.05, 3.63) is 29.8 Å². The summed E-state index contributed by atoms with van der Waals surface area (Å²) in [7, 11) is -3.75. The number of halogens is 1. The van der Waals surface area contributed by atoms with E-state index in [4.69, 9.17) is 4.18 Å². The third-order valence-electron chi connectivity index (χ3n) is 2.22. The zero-order valence-corrected chi connectivity index (χ0v) is 12.0. The monoisotopic (exact) mass is 322 g/mol. The molecule has 0 radical (unpaired) electrons. The van der Waals surface area contributed by atoms with Gasteiger partial charge in [-0.15, -0.1) is 0 Å². The third-order valence-corrected chi connectivity index (χ3v) is 4.54. The van der Waals surface area contributed by atoms with Crippen molar-refractivity contribution in [1.29, 1.82) is 0 Å². The van der Waals surface area contributed by atoms with Crippen molar-refractivity contribution in [1.82, 2.24) is 0 Å². The van der Waals surface area contributed by atoms with E-state index in [2.05, 4.69) is 15.9 Å². The van der Waals surface area contributed by atoms with Crippen molar-refractivity contribution in [2.75, 3.05) is 6.61 Å². The van der Waals surface area contributed by atoms with Crippen LogP contribution >= 0.6 is 15.9 Å². The number of aryl methyl sites for hydroxylation is 1. The number of benzene rings is 1. The normalized spacial score (nSPS) is 15.5. The highest BCUT2D eigenvalue weighted by Crippen LogP contribution is 2.15. The second-order valence-electron chi connectivity index (χ2n) is 3.81. The minimum atomic E-state index is -3.75. The SMILES string of the molecule is Cc1ccc(S(=O)(=O)OC[C@H](Br)[C@@H](C)O)cc1. The number of hydrogen-bond acceptors (Lipinski definition) is 4. The van der Waals surface area contributed by atoms with Gasteiger partial charge in [-0.1, -0.05) is 33.6 Å². The van der Waals surface area contributed by atoms with Gasteiger partial charge in [-0.2, -0.15) is 8.42 Å². The van der Waals surface area contributed by atoms with Crippen molar-refractivity contribution < 1.29 is 17.7 Å². The van der Waals surface area contributed by atoms with Crippen LogP contribution in [0.3, 0.4) is 0 Å². The molecule has 0 bridgehead atoms. The number of alkyl halides is 1. The fraction of sp³-hybridized carbons (Fsp3) is 0.455. The molecule has 0 aliphatic carbocycles. The Morgan fingerprint density at radius 1 is 1.35 bits per heavy atom. The van der Waals surface area contributed by atoms with Crippen molar-refractivity contribution in [3.63, 3.8) is 0 Å². The quantitative estimate of drug-likeness (QED) is 0.663. The summed E-state index contributed by atoms with van der Waals surface area (Å²) in [6.07, 6.45) is -0.678. The molecule has 1 aromatic rings. The lowest BCUT2D eigenvalue weighted by Gasteiger charge is -2.13. The zero-order chi connectivity index (χ0) is 13.1. The average molecular weight is 323 g/mol. The minimum Gasteiger partial charge on any atom is -0.392 e. The molecule has 1 aromatic carbocycles. The van der Waals surface area contributed by atoms with Gasteiger partial charge < -0.3 is 5.11 Å². The largest absolute Gasteiger partial charge is 0.392 e. The van der Waals surface area contributed by atoms with Crippen LogP contribution in [0.5, 0.6) is 0 Å². The summed E-state index contributed by atoms with van der Waals surface area (Å²) < 4.78 is 28.3. The smallest absolute Gasteiger partial charge is 0.297 e. The van der Waals surface area contributed by atoms with E-state index < -0.39 is 21.0 Å². The van der Waals surface area contributed by atoms with E-state index in [-0.39, 0.29) is 11.5 Å². The molecule has 0 spiro atoms. The maximum absolute atomic E-state index is 11.7. The summed E-state index contributed by atoms with van der Waals surface area (Å²) >= 11 is 3.14. The van der Waals surface area contributed by atoms with Gasteiger partial charge in [0.2, 0.25) is 0 Å². The Morgan fingerprint density at radius 3 is 2.35 bits per heavy atom. The summed E-state index contributed by atoms with van der Waals surface area (Å²) in [5.74, 6) is 0. The van der Waals surface area contributed by atoms with Crippen LogP contribution in [0.1, 0.15) is 12.5 Å². The van der Waals surface area contributed by atoms with Crippen LogP contribution in [0.25, 0.3) is 0 Å². The topological polar surface area (TPSA) is 63.6 Å². The van der Waals surface area contributed by atoms with Gasteiger partial charge in [-0.25, -0.2) is 0 Å². The van der Waals surface area contributed by atoms with Gasteiger partial charge in [-0.3, -0.25) is 4.18 Å². The van der Waals surface area contributed by atoms with Crippen LogP contribution in [0.4, 0.5) is 0 Å². The molecule has 1 N–H and O–H groups in total. The number of hydrogen-bond donors (Lipinski definition) is 1. The Labute approximate surface area is 110 Å². The predicted octanol–water partition coefficient (Wildman–Crippen LogP) is 1.84. The first-order chi connectivity index (χ1) is 7.83. The zero-order valence-electron chi connectivity index (χ0n) is 9.63. The molecule has 0 saturated heterocycles. The molecular formula is C11H15BrO4S. The molecule has 0 fully saturated rings. The lowest BCUT2D eigenvalue weighted by atomic mass is 10.2. The Morgan fingerprint density at radius 2 is 1.88 bits per heavy atom. The highest BCUT2D eigenvalue weighted by Gasteiger charge is 2.19. The summed E-state index contributed by atoms with van der Waals surface area (Å²) in [5.41, 5.74) is 0.978. The van der Waals surface area contributed by atoms with Crippen LogP contribution in [0.2, 0.25) is 0 Å². The van der Waals surface area contributed by atoms with Crippen LogP contribution < -0.4 is 0 Å². The van der Waals surface area contributed by atoms with Gasteiger partial charge in [0.15, 0.2) is 0 Å². The van der Waals surface area contributed by atoms with Gasteiger partial charge in [0.1, 0.15) is 0 Å². The van der Waals surface area contributed by atoms with Gasteiger partial charge in [0.25, 0.3) is 10.1 Å². The Balaban J connectivity index is 2.72. The van der Waals surface area contributed by atoms with E-state index in [9.17, 15) is 13.5 Å². The lowest BCUT2D eigenvalue weighted by molar-refractivity contribution is 0.167. The Bertz CT molecular complexity index is 453. The maximum Gasteiger partial charge on any atom is 0.297 e. The van der Waals surface area contributed by atoms with Gasteiger partial charge >= 0.3 is 0 Å². The summed E-state index contributed by atoms with van der Waals surface area (Å²) in [6, 6.07) is 6.40. The first-order valence-corrected chi connectivity index (χ1v) is 7.43. The molecule has 0 unspecified atom stereocenters. The van der Waals surface area contributed by atoms with E-state index in [1.807, 2.05) is 6.92 Å². The molecule has 0 saturated carbocycles. The molecule has 2 atom stereocenters. The van der Waals surface area contributed by atoms with Gasteiger partial charge in [-0.05, 0) is 26.0 Å². The summed E-state index contributed by atoms with van der Waals surface area (Å²) in [5, 5.41) is 9.20. The standard InChI is InChI=1S/C11H15BrO4S/c1-8-3-5-10(6-4-8)17(14,15)16-7-11(12)9(2)13/h3-6,9,11,13H,7H2,1-2H3/t9-,11+/m1/s1. The molecule has 6 heteroatoms. The van der Waals surface area contributed by atoms with Gasteiger partial charge in [0.05, 0.1) is 22.4 Å². The van der Waals surface area contributed by atoms with E-state index in [0.717, 1.165) is 5.56 Å². The van der Waals surface area contributed by atoms with E-state index in [1.165, 1.54) is 12.1 Å². The Hall–Kier alpha value is -0.430. The van der Waals surface area contributed by atoms with E-state index in [1.54, 1.807) is 19.1 Å². The second-order valence-corrected chi connectivity index (χ2v) is 6.60. The van der Waals surface area contributed by atoms with Crippen molar-refractivity contribution in [3.8, 4) is 0 Å². The molecule has 0 aromatic heterocycles. The Kier molecular flexibility index (Phi) is 5.12. The first kappa shape index (κ1) is 14.6. The van der Waals surface area contributed by atoms with Crippen LogP contribution in [0, 0.1) is 6.92 Å². The van der Waals surface area contributed by atoms with E-state index >= 15 is 0 Å². The third kappa shape index (κ3) is 4.39. The fourth-order valence-electron chi connectivity index (χ4n) is 1.07. The fourth-order valence-corrected chi connectivity index (χ4v) is 2.31. The highest BCUT2D eigenvalue weighted by atomic mass is 79.9. The molecule has 17 heavy (non-hydrogen) atoms. The molecule has 0 aliphatic rings. The maximum atomic E-state index is 11.7. The van der Waals surface area contributed by atoms with Crippen molar-refractivity contribution >= 4 is 26.0 Å². The van der Waals surface area contributed by atoms with E-state index in [0.29, 0.717) is 0 Å². The van der Waals surface area contributed by atoms with Crippen molar-refractivity contribution in [2.24, 2.45) is 0 Å². The highest BCUT2D eigenvalue weighted by molar-refractivity contribution is 9.09. The molecule has 96 valence electrons. The summed E-state index contributed by atoms with van der Waals surface area (Å²) in [4.78, 5) is -0.295. The number of aliphatic hydroxyl groups excluding tert-OH is 1. The summed E-state index contributed by atoms with van der Waals surface area (Å²) in [6.45, 7) is 3.33. The van der Waals surface area contributed by atoms with Crippen LogP contribution in [-0.2, 0) is 14.3 Å². The lowest BCUT2D eigenvalue weighted by Crippen LogP contribution is -2.23. The predicted molar refractivity (Wildman–Crippen MR) is 68.7 cm³/mol. The van der Waals surface area contributed by atoms with Crippen LogP contribution in [0.15, 0.2) is 29.2 Å². The van der Waals surface area contributed by atoms with Crippen LogP contribution in [-0.4, -0.2) is 31.1 Å². The molecular weight excluding hydrogens is 308 g/mol. The number of aliphatic hydroxyl groups is 1. The second kappa shape index (κ2) is 5.95. The van der Waals surface area contributed by atoms with Gasteiger partial charge in [0, 0.05) is 0 Å². The molecule has 4 nitrogen and oxygen atoms in total.